The highest BCUT2D eigenvalue weighted by atomic mass is 127. The molecule has 0 atom stereocenters. The second-order valence-electron chi connectivity index (χ2n) is 17.1. The van der Waals surface area contributed by atoms with Crippen molar-refractivity contribution >= 4 is 267 Å². The van der Waals surface area contributed by atoms with Crippen molar-refractivity contribution in [1.29, 1.82) is 10.5 Å². The van der Waals surface area contributed by atoms with Gasteiger partial charge in [-0.3, -0.25) is 9.59 Å². The Kier molecular flexibility index (Phi) is 53.1. The van der Waals surface area contributed by atoms with Crippen LogP contribution in [0.5, 0.6) is 23.0 Å². The second-order valence-corrected chi connectivity index (χ2v) is 46.2. The maximum Gasteiger partial charge on any atom is 0.250 e. The summed E-state index contributed by atoms with van der Waals surface area (Å²) in [6.07, 6.45) is 1.56. The standard InChI is InChI=1S/C13H21BrO2Si.C13H19BrO2Si.C7H3BrFN.C7H4BrNO.C7H5BrO2.CHI3.CH2I2.2CH3I.CH4/c2*1-13(2,3)17(4,5)16-11-7-6-10(9-15)12(14)8-11;8-7-3-6(9)2-1-5(7)4-10;2*8-7-3-6(10)2-1-5(7)4-9;2-1(3)4;2-1-3;2*1-2;/h6-8,15H,9H2,1-5H3;6-9H,1-5H3;1-3H;1-3,10H;1-4,10H;1H;1H2;2*1H3;1H4. The number of nitrogens with zero attached hydrogens (tertiary/aromatic N) is 2. The zero-order valence-electron chi connectivity index (χ0n) is 43.1. The van der Waals surface area contributed by atoms with Gasteiger partial charge in [-0.2, -0.15) is 10.5 Å². The quantitative estimate of drug-likeness (QED) is 0.0623. The van der Waals surface area contributed by atoms with Crippen molar-refractivity contribution < 1.29 is 38.2 Å². The van der Waals surface area contributed by atoms with E-state index in [4.69, 9.17) is 34.7 Å². The Hall–Kier alpha value is 1.45. The van der Waals surface area contributed by atoms with E-state index in [0.29, 0.717) is 35.7 Å². The summed E-state index contributed by atoms with van der Waals surface area (Å²) in [5, 5.41) is 44.1. The molecule has 0 aliphatic carbocycles. The molecular weight excluding hydrogens is 2130 g/mol. The van der Waals surface area contributed by atoms with Gasteiger partial charge in [0.25, 0.3) is 0 Å². The summed E-state index contributed by atoms with van der Waals surface area (Å²) in [6, 6.07) is 28.1. The van der Waals surface area contributed by atoms with Crippen molar-refractivity contribution in [3.05, 3.63) is 147 Å². The van der Waals surface area contributed by atoms with Crippen molar-refractivity contribution in [3.8, 4) is 35.1 Å². The molecule has 0 aliphatic heterocycles. The number of aliphatic hydroxyl groups is 1. The van der Waals surface area contributed by atoms with E-state index in [-0.39, 0.29) is 41.4 Å². The molecule has 0 aromatic heterocycles. The van der Waals surface area contributed by atoms with Crippen LogP contribution >= 0.6 is 238 Å². The number of nitriles is 2. The fourth-order valence-electron chi connectivity index (χ4n) is 4.07. The van der Waals surface area contributed by atoms with Gasteiger partial charge in [0.1, 0.15) is 40.9 Å². The van der Waals surface area contributed by atoms with Gasteiger partial charge in [0.05, 0.1) is 20.2 Å². The Labute approximate surface area is 592 Å². The van der Waals surface area contributed by atoms with E-state index in [9.17, 15) is 14.0 Å². The van der Waals surface area contributed by atoms with Crippen LogP contribution in [0.3, 0.4) is 0 Å². The van der Waals surface area contributed by atoms with E-state index in [1.54, 1.807) is 18.2 Å². The van der Waals surface area contributed by atoms with Crippen LogP contribution in [0, 0.1) is 28.5 Å². The minimum absolute atomic E-state index is 0. The highest BCUT2D eigenvalue weighted by Crippen LogP contribution is 2.39. The number of carbonyl (C=O) groups excluding carboxylic acids is 2. The van der Waals surface area contributed by atoms with Crippen LogP contribution < -0.4 is 8.85 Å². The first-order valence-electron chi connectivity index (χ1n) is 21.2. The minimum atomic E-state index is -1.81. The third-order valence-electron chi connectivity index (χ3n) is 9.89. The van der Waals surface area contributed by atoms with Crippen LogP contribution in [0.2, 0.25) is 36.3 Å². The molecule has 0 spiro atoms. The largest absolute Gasteiger partial charge is 0.543 e. The molecule has 0 bridgehead atoms. The van der Waals surface area contributed by atoms with Gasteiger partial charge in [0.15, 0.2) is 12.6 Å². The van der Waals surface area contributed by atoms with E-state index < -0.39 is 16.6 Å². The number of aldehydes is 2. The van der Waals surface area contributed by atoms with Gasteiger partial charge in [-0.25, -0.2) is 4.39 Å². The third-order valence-corrected chi connectivity index (χ3v) is 22.0. The zero-order chi connectivity index (χ0) is 59.5. The summed E-state index contributed by atoms with van der Waals surface area (Å²) in [7, 11) is -3.58. The van der Waals surface area contributed by atoms with Crippen LogP contribution in [0.25, 0.3) is 0 Å². The number of hydrogen-bond acceptors (Lipinski definition) is 9. The molecule has 5 aromatic rings. The summed E-state index contributed by atoms with van der Waals surface area (Å²) in [5.74, 6) is 1.67. The summed E-state index contributed by atoms with van der Waals surface area (Å²) in [4.78, 5) is 24.9. The summed E-state index contributed by atoms with van der Waals surface area (Å²) in [5.41, 5.74) is 3.04. The van der Waals surface area contributed by atoms with Crippen molar-refractivity contribution in [3.63, 3.8) is 0 Å². The smallest absolute Gasteiger partial charge is 0.250 e. The van der Waals surface area contributed by atoms with Crippen LogP contribution in [0.15, 0.2) is 113 Å². The molecule has 3 N–H and O–H groups in total. The Morgan fingerprint density at radius 2 is 0.908 bits per heavy atom. The fourth-order valence-corrected chi connectivity index (χ4v) is 8.40. The molecule has 5 aromatic carbocycles. The van der Waals surface area contributed by atoms with Crippen LogP contribution in [-0.2, 0) is 6.61 Å². The molecule has 24 heteroatoms. The lowest BCUT2D eigenvalue weighted by molar-refractivity contribution is 0.111. The molecule has 5 rings (SSSR count). The predicted molar refractivity (Wildman–Crippen MR) is 401 cm³/mol. The number of phenolic OH excluding ortho intramolecular Hbond substituents is 2. The fraction of sp³-hybridized carbons (Fsp3) is 0.346. The zero-order valence-corrected chi connectivity index (χ0v) is 68.1. The number of aliphatic hydroxyl groups excluding tert-OH is 1. The molecule has 0 heterocycles. The number of hydrogen-bond donors (Lipinski definition) is 3. The average molecular weight is 2190 g/mol. The lowest BCUT2D eigenvalue weighted by atomic mass is 10.2. The average Bonchev–Trinajstić information content (AvgIpc) is 3.31. The molecule has 0 amide bonds. The summed E-state index contributed by atoms with van der Waals surface area (Å²) < 4.78 is 30.0. The minimum Gasteiger partial charge on any atom is -0.543 e. The lowest BCUT2D eigenvalue weighted by Gasteiger charge is -2.36. The Balaban J connectivity index is -0.000000267. The molecule has 424 valence electrons. The van der Waals surface area contributed by atoms with Gasteiger partial charge in [-0.1, -0.05) is 229 Å². The number of phenols is 2. The molecule has 0 saturated carbocycles. The first kappa shape index (κ1) is 86.2. The first-order chi connectivity index (χ1) is 34.7. The van der Waals surface area contributed by atoms with Gasteiger partial charge in [0.2, 0.25) is 16.6 Å². The van der Waals surface area contributed by atoms with Crippen molar-refractivity contribution in [2.75, 3.05) is 12.3 Å². The normalized spacial score (nSPS) is 10.0. The maximum atomic E-state index is 12.3. The van der Waals surface area contributed by atoms with Crippen molar-refractivity contribution in [2.45, 2.75) is 91.8 Å². The van der Waals surface area contributed by atoms with Gasteiger partial charge < -0.3 is 24.2 Å². The predicted octanol–water partition coefficient (Wildman–Crippen LogP) is 22.6. The van der Waals surface area contributed by atoms with E-state index in [1.807, 2.05) is 52.3 Å². The van der Waals surface area contributed by atoms with E-state index >= 15 is 0 Å². The Bertz CT molecular complexity index is 2490. The highest BCUT2D eigenvalue weighted by Gasteiger charge is 2.40. The lowest BCUT2D eigenvalue weighted by Crippen LogP contribution is -2.43. The van der Waals surface area contributed by atoms with E-state index in [2.05, 4.69) is 306 Å². The molecule has 0 aliphatic rings. The number of alkyl halides is 7. The topological polar surface area (TPSA) is 161 Å². The maximum absolute atomic E-state index is 12.3. The van der Waals surface area contributed by atoms with E-state index in [0.717, 1.165) is 38.5 Å². The third kappa shape index (κ3) is 38.3. The number of benzene rings is 5. The molecule has 9 nitrogen and oxygen atoms in total. The molecule has 0 unspecified atom stereocenters. The number of halogens is 13. The molecule has 0 radical (unpaired) electrons. The van der Waals surface area contributed by atoms with Crippen molar-refractivity contribution in [1.82, 2.24) is 0 Å². The van der Waals surface area contributed by atoms with Gasteiger partial charge >= 0.3 is 0 Å². The Morgan fingerprint density at radius 1 is 0.592 bits per heavy atom. The number of aromatic hydroxyl groups is 2. The van der Waals surface area contributed by atoms with Crippen LogP contribution in [-0.4, -0.2) is 56.8 Å². The number of carbonyl (C=O) groups is 2. The van der Waals surface area contributed by atoms with Gasteiger partial charge in [-0.05, 0) is 200 Å². The molecule has 0 saturated heterocycles. The van der Waals surface area contributed by atoms with Crippen LogP contribution in [0.1, 0.15) is 86.4 Å². The highest BCUT2D eigenvalue weighted by molar-refractivity contribution is 14.3. The SMILES string of the molecule is C.CC(C)(C)[Si](C)(C)Oc1ccc(C=O)c(Br)c1.CC(C)(C)[Si](C)(C)Oc1ccc(CO)c(Br)c1.CI.CI.IC(I)I.ICI.N#Cc1ccc(F)cc1Br.N#Cc1ccc(O)cc1Br.O=Cc1ccc(O)cc1Br. The van der Waals surface area contributed by atoms with Gasteiger partial charge in [-0.15, -0.1) is 0 Å². The van der Waals surface area contributed by atoms with E-state index in [1.165, 1.54) is 44.9 Å². The van der Waals surface area contributed by atoms with Crippen LogP contribution in [0.4, 0.5) is 4.39 Å². The van der Waals surface area contributed by atoms with Crippen molar-refractivity contribution in [2.24, 2.45) is 0 Å². The summed E-state index contributed by atoms with van der Waals surface area (Å²) in [6.45, 7) is 22.2. The second kappa shape index (κ2) is 46.8. The monoisotopic (exact) mass is 2190 g/mol. The number of rotatable bonds is 7. The Morgan fingerprint density at radius 3 is 1.21 bits per heavy atom. The molecule has 0 fully saturated rings. The molecule has 76 heavy (non-hydrogen) atoms. The molecular formula is C52H65Br5FI7N2O7Si2. The summed E-state index contributed by atoms with van der Waals surface area (Å²) >= 11 is 31.9. The first-order valence-corrected chi connectivity index (χ1v) is 42.1. The van der Waals surface area contributed by atoms with Gasteiger partial charge in [0, 0.05) is 33.5 Å².